The van der Waals surface area contributed by atoms with Crippen molar-refractivity contribution in [1.29, 1.82) is 0 Å². The molecule has 0 aromatic carbocycles. The summed E-state index contributed by atoms with van der Waals surface area (Å²) < 4.78 is 0. The third-order valence-electron chi connectivity index (χ3n) is 2.03. The minimum Gasteiger partial charge on any atom is -0.323 e. The van der Waals surface area contributed by atoms with Crippen LogP contribution >= 0.6 is 0 Å². The van der Waals surface area contributed by atoms with Gasteiger partial charge in [0.1, 0.15) is 0 Å². The fraction of sp³-hybridized carbons (Fsp3) is 0.789. The number of rotatable bonds is 3. The first-order valence-electron chi connectivity index (χ1n) is 8.14. The lowest BCUT2D eigenvalue weighted by Gasteiger charge is -2.07. The van der Waals surface area contributed by atoms with Gasteiger partial charge in [-0.1, -0.05) is 73.5 Å². The van der Waals surface area contributed by atoms with Crippen LogP contribution in [0.2, 0.25) is 0 Å². The largest absolute Gasteiger partial charge is 0.323 e. The van der Waals surface area contributed by atoms with Crippen molar-refractivity contribution in [2.45, 2.75) is 75.2 Å². The van der Waals surface area contributed by atoms with Crippen molar-refractivity contribution >= 4 is 0 Å². The predicted molar refractivity (Wildman–Crippen MR) is 102 cm³/mol. The van der Waals surface area contributed by atoms with E-state index in [1.807, 2.05) is 40.9 Å². The number of allylic oxidation sites excluding steroid dienone is 2. The van der Waals surface area contributed by atoms with Gasteiger partial charge in [-0.15, -0.1) is 13.2 Å². The molecule has 0 aromatic heterocycles. The van der Waals surface area contributed by atoms with Gasteiger partial charge in [0.15, 0.2) is 0 Å². The lowest BCUT2D eigenvalue weighted by Crippen LogP contribution is -1.97. The van der Waals surface area contributed by atoms with Crippen LogP contribution in [0, 0.1) is 11.8 Å². The van der Waals surface area contributed by atoms with E-state index >= 15 is 0 Å². The Balaban J connectivity index is -0.0000000510. The Morgan fingerprint density at radius 3 is 1.25 bits per heavy atom. The average molecular weight is 288 g/mol. The van der Waals surface area contributed by atoms with Crippen LogP contribution in [-0.2, 0) is 0 Å². The van der Waals surface area contributed by atoms with E-state index in [4.69, 9.17) is 0 Å². The maximum atomic E-state index is 3.68. The van der Waals surface area contributed by atoms with Gasteiger partial charge in [-0.25, -0.2) is 0 Å². The van der Waals surface area contributed by atoms with E-state index in [-0.39, 0.29) is 0 Å². The minimum absolute atomic E-state index is 0.667. The van der Waals surface area contributed by atoms with E-state index in [9.17, 15) is 0 Å². The van der Waals surface area contributed by atoms with Crippen molar-refractivity contribution in [2.75, 3.05) is 14.1 Å². The van der Waals surface area contributed by atoms with Crippen molar-refractivity contribution in [2.24, 2.45) is 11.8 Å². The maximum Gasteiger partial charge on any atom is -0.0167 e. The van der Waals surface area contributed by atoms with Gasteiger partial charge in [-0.05, 0) is 39.3 Å². The van der Waals surface area contributed by atoms with Crippen LogP contribution in [0.1, 0.15) is 75.2 Å². The molecule has 1 atom stereocenters. The molecule has 0 amide bonds. The average Bonchev–Trinajstić information content (AvgIpc) is 2.42. The Morgan fingerprint density at radius 1 is 1.05 bits per heavy atom. The molecule has 0 aromatic rings. The van der Waals surface area contributed by atoms with Crippen molar-refractivity contribution in [3.05, 3.63) is 24.8 Å². The van der Waals surface area contributed by atoms with E-state index in [2.05, 4.69) is 60.0 Å². The topological polar surface area (TPSA) is 12.0 Å². The standard InChI is InChI=1S/C7H14.C5H10.C3H8.C2H7N.C2H6/c1-5-7(4)6(2)3;1-4-5(2)3;2*1-3-2;1-2/h5-7H,1H2,2-4H3;2,4H2,1,3H3;3H2,1-2H3;3H,1-2H3;1-2H3. The maximum absolute atomic E-state index is 3.68. The first-order valence-corrected chi connectivity index (χ1v) is 8.14. The van der Waals surface area contributed by atoms with E-state index in [1.54, 1.807) is 0 Å². The lowest BCUT2D eigenvalue weighted by molar-refractivity contribution is 0.505. The highest BCUT2D eigenvalue weighted by atomic mass is 14.7. The molecule has 0 radical (unpaired) electrons. The molecule has 1 unspecified atom stereocenters. The van der Waals surface area contributed by atoms with Crippen LogP contribution in [0.4, 0.5) is 0 Å². The van der Waals surface area contributed by atoms with Crippen LogP contribution in [0.5, 0.6) is 0 Å². The highest BCUT2D eigenvalue weighted by Crippen LogP contribution is 2.08. The molecular weight excluding hydrogens is 242 g/mol. The quantitative estimate of drug-likeness (QED) is 0.568. The molecule has 0 bridgehead atoms. The SMILES string of the molecule is C=C(C)CC.C=CC(C)C(C)C.CC.CCC.CNC. The molecule has 0 saturated heterocycles. The molecule has 1 nitrogen and oxygen atoms in total. The number of hydrogen-bond donors (Lipinski definition) is 1. The monoisotopic (exact) mass is 287 g/mol. The zero-order valence-electron chi connectivity index (χ0n) is 16.6. The molecule has 0 saturated carbocycles. The molecule has 0 rings (SSSR count). The summed E-state index contributed by atoms with van der Waals surface area (Å²) in [5, 5.41) is 2.75. The molecule has 1 heteroatoms. The number of hydrogen-bond acceptors (Lipinski definition) is 1. The molecular formula is C19H45N. The van der Waals surface area contributed by atoms with Crippen LogP contribution < -0.4 is 5.32 Å². The van der Waals surface area contributed by atoms with Crippen LogP contribution in [0.3, 0.4) is 0 Å². The van der Waals surface area contributed by atoms with Gasteiger partial charge in [-0.2, -0.15) is 0 Å². The second-order valence-electron chi connectivity index (χ2n) is 4.86. The Bertz CT molecular complexity index is 146. The first-order chi connectivity index (χ1) is 9.28. The van der Waals surface area contributed by atoms with E-state index in [1.165, 1.54) is 12.0 Å². The molecule has 0 aliphatic carbocycles. The van der Waals surface area contributed by atoms with Crippen molar-refractivity contribution < 1.29 is 0 Å². The van der Waals surface area contributed by atoms with E-state index in [0.29, 0.717) is 5.92 Å². The van der Waals surface area contributed by atoms with Crippen LogP contribution in [0.25, 0.3) is 0 Å². The summed E-state index contributed by atoms with van der Waals surface area (Å²) in [6.45, 7) is 26.3. The smallest absolute Gasteiger partial charge is 0.0167 e. The molecule has 126 valence electrons. The third kappa shape index (κ3) is 85.2. The van der Waals surface area contributed by atoms with Crippen molar-refractivity contribution in [3.63, 3.8) is 0 Å². The molecule has 0 aliphatic rings. The van der Waals surface area contributed by atoms with Gasteiger partial charge < -0.3 is 5.32 Å². The van der Waals surface area contributed by atoms with Crippen molar-refractivity contribution in [1.82, 2.24) is 5.32 Å². The Labute approximate surface area is 132 Å². The highest BCUT2D eigenvalue weighted by Gasteiger charge is 1.98. The van der Waals surface area contributed by atoms with E-state index < -0.39 is 0 Å². The molecule has 0 fully saturated rings. The van der Waals surface area contributed by atoms with Gasteiger partial charge in [-0.3, -0.25) is 0 Å². The summed E-state index contributed by atoms with van der Waals surface area (Å²) >= 11 is 0. The molecule has 20 heavy (non-hydrogen) atoms. The molecule has 0 aliphatic heterocycles. The molecule has 0 spiro atoms. The lowest BCUT2D eigenvalue weighted by atomic mass is 9.99. The highest BCUT2D eigenvalue weighted by molar-refractivity contribution is 4.84. The summed E-state index contributed by atoms with van der Waals surface area (Å²) in [5.41, 5.74) is 1.25. The summed E-state index contributed by atoms with van der Waals surface area (Å²) in [7, 11) is 3.75. The fourth-order valence-corrected chi connectivity index (χ4v) is 0.272. The second kappa shape index (κ2) is 36.2. The number of nitrogens with one attached hydrogen (secondary N) is 1. The fourth-order valence-electron chi connectivity index (χ4n) is 0.272. The van der Waals surface area contributed by atoms with Gasteiger partial charge in [0.25, 0.3) is 0 Å². The van der Waals surface area contributed by atoms with E-state index in [0.717, 1.165) is 12.3 Å². The normalized spacial score (nSPS) is 9.00. The molecule has 0 heterocycles. The Hall–Kier alpha value is -0.560. The van der Waals surface area contributed by atoms with Crippen LogP contribution in [-0.4, -0.2) is 14.1 Å². The zero-order chi connectivity index (χ0) is 17.6. The van der Waals surface area contributed by atoms with Gasteiger partial charge in [0, 0.05) is 0 Å². The Morgan fingerprint density at radius 2 is 1.25 bits per heavy atom. The van der Waals surface area contributed by atoms with Gasteiger partial charge in [0.05, 0.1) is 0 Å². The second-order valence-corrected chi connectivity index (χ2v) is 4.86. The van der Waals surface area contributed by atoms with Gasteiger partial charge >= 0.3 is 0 Å². The van der Waals surface area contributed by atoms with Crippen molar-refractivity contribution in [3.8, 4) is 0 Å². The zero-order valence-corrected chi connectivity index (χ0v) is 16.6. The first kappa shape index (κ1) is 31.7. The summed E-state index contributed by atoms with van der Waals surface area (Å²) in [4.78, 5) is 0. The summed E-state index contributed by atoms with van der Waals surface area (Å²) in [6.07, 6.45) is 4.35. The molecule has 1 N–H and O–H groups in total. The van der Waals surface area contributed by atoms with Gasteiger partial charge in [0.2, 0.25) is 0 Å². The predicted octanol–water partition coefficient (Wildman–Crippen LogP) is 6.72. The minimum atomic E-state index is 0.667. The third-order valence-corrected chi connectivity index (χ3v) is 2.03. The van der Waals surface area contributed by atoms with Crippen LogP contribution in [0.15, 0.2) is 24.8 Å². The summed E-state index contributed by atoms with van der Waals surface area (Å²) in [5.74, 6) is 1.41. The Kier molecular flexibility index (Phi) is 57.4. The summed E-state index contributed by atoms with van der Waals surface area (Å²) in [6, 6.07) is 0.